The van der Waals surface area contributed by atoms with E-state index in [9.17, 15) is 13.2 Å². The maximum Gasteiger partial charge on any atom is 0.265 e. The number of hydrogen-bond acceptors (Lipinski definition) is 6. The highest BCUT2D eigenvalue weighted by Gasteiger charge is 2.38. The third-order valence-corrected chi connectivity index (χ3v) is 8.23. The maximum atomic E-state index is 13.3. The number of para-hydroxylation sites is 1. The summed E-state index contributed by atoms with van der Waals surface area (Å²) in [5.41, 5.74) is 3.90. The number of rotatable bonds is 8. The number of carbonyl (C=O) groups excluding carboxylic acids is 1. The highest BCUT2D eigenvalue weighted by molar-refractivity contribution is 7.92. The van der Waals surface area contributed by atoms with E-state index in [1.165, 1.54) is 13.2 Å². The van der Waals surface area contributed by atoms with Crippen LogP contribution in [0.15, 0.2) is 71.6 Å². The lowest BCUT2D eigenvalue weighted by Gasteiger charge is -2.30. The molecule has 0 spiro atoms. The number of benzene rings is 3. The van der Waals surface area contributed by atoms with Gasteiger partial charge < -0.3 is 19.3 Å². The van der Waals surface area contributed by atoms with Gasteiger partial charge in [-0.25, -0.2) is 8.42 Å². The normalized spacial score (nSPS) is 17.5. The molecule has 0 aliphatic carbocycles. The second kappa shape index (κ2) is 10.8. The van der Waals surface area contributed by atoms with Crippen LogP contribution in [-0.2, 0) is 14.8 Å². The smallest absolute Gasteiger partial charge is 0.265 e. The fourth-order valence-corrected chi connectivity index (χ4v) is 5.92. The molecule has 9 heteroatoms. The number of carbonyl (C=O) groups is 1. The monoisotopic (exact) mass is 523 g/mol. The molecule has 2 atom stereocenters. The Labute approximate surface area is 218 Å². The fraction of sp³-hybridized carbons (Fsp3) is 0.321. The van der Waals surface area contributed by atoms with Crippen molar-refractivity contribution in [3.8, 4) is 5.75 Å². The van der Waals surface area contributed by atoms with Gasteiger partial charge in [-0.1, -0.05) is 35.9 Å². The molecule has 0 bridgehead atoms. The predicted octanol–water partition coefficient (Wildman–Crippen LogP) is 4.09. The quantitative estimate of drug-likeness (QED) is 0.479. The summed E-state index contributed by atoms with van der Waals surface area (Å²) < 4.78 is 39.7. The Morgan fingerprint density at radius 2 is 1.76 bits per heavy atom. The molecule has 3 aromatic rings. The minimum absolute atomic E-state index is 0.0162. The summed E-state index contributed by atoms with van der Waals surface area (Å²) in [6.45, 7) is 4.87. The summed E-state index contributed by atoms with van der Waals surface area (Å²) in [5.74, 6) is 0.253. The van der Waals surface area contributed by atoms with Gasteiger partial charge in [0, 0.05) is 38.5 Å². The van der Waals surface area contributed by atoms with Crippen molar-refractivity contribution in [2.75, 3.05) is 44.0 Å². The summed E-state index contributed by atoms with van der Waals surface area (Å²) in [6.07, 6.45) is -0.201. The first-order valence-corrected chi connectivity index (χ1v) is 13.5. The number of aryl methyl sites for hydroxylation is 2. The SMILES string of the molecule is COc1ccccc1S(=O)(=O)Nc1cccc(N(C)C2CN(C(=O)c3cc(C)ccc3C)CC2OC)c1. The number of sulfonamides is 1. The van der Waals surface area contributed by atoms with Crippen molar-refractivity contribution in [2.45, 2.75) is 30.9 Å². The van der Waals surface area contributed by atoms with E-state index in [-0.39, 0.29) is 28.7 Å². The van der Waals surface area contributed by atoms with Crippen molar-refractivity contribution in [3.05, 3.63) is 83.4 Å². The molecule has 1 N–H and O–H groups in total. The predicted molar refractivity (Wildman–Crippen MR) is 145 cm³/mol. The van der Waals surface area contributed by atoms with Crippen LogP contribution in [0.25, 0.3) is 0 Å². The lowest BCUT2D eigenvalue weighted by atomic mass is 10.0. The first kappa shape index (κ1) is 26.5. The number of nitrogens with zero attached hydrogens (tertiary/aromatic N) is 2. The zero-order valence-electron chi connectivity index (χ0n) is 21.8. The Bertz CT molecular complexity index is 1390. The van der Waals surface area contributed by atoms with Crippen LogP contribution in [0.1, 0.15) is 21.5 Å². The van der Waals surface area contributed by atoms with Crippen molar-refractivity contribution < 1.29 is 22.7 Å². The van der Waals surface area contributed by atoms with Gasteiger partial charge in [0.2, 0.25) is 0 Å². The van der Waals surface area contributed by atoms with Gasteiger partial charge in [-0.05, 0) is 55.8 Å². The topological polar surface area (TPSA) is 88.2 Å². The molecular weight excluding hydrogens is 490 g/mol. The van der Waals surface area contributed by atoms with E-state index < -0.39 is 10.0 Å². The Kier molecular flexibility index (Phi) is 7.75. The minimum atomic E-state index is -3.86. The summed E-state index contributed by atoms with van der Waals surface area (Å²) in [7, 11) is 1.15. The molecule has 1 aliphatic heterocycles. The van der Waals surface area contributed by atoms with E-state index in [1.54, 1.807) is 43.5 Å². The molecule has 1 aliphatic rings. The van der Waals surface area contributed by atoms with Crippen LogP contribution in [0.3, 0.4) is 0 Å². The number of ether oxygens (including phenoxy) is 2. The molecule has 2 unspecified atom stereocenters. The summed E-state index contributed by atoms with van der Waals surface area (Å²) in [5, 5.41) is 0. The second-order valence-electron chi connectivity index (χ2n) is 9.29. The summed E-state index contributed by atoms with van der Waals surface area (Å²) in [4.78, 5) is 17.3. The number of likely N-dealkylation sites (tertiary alicyclic amines) is 1. The van der Waals surface area contributed by atoms with Crippen molar-refractivity contribution in [1.29, 1.82) is 0 Å². The Balaban J connectivity index is 1.54. The molecule has 0 aromatic heterocycles. The molecule has 1 fully saturated rings. The molecular formula is C28H33N3O5S. The van der Waals surface area contributed by atoms with E-state index in [0.29, 0.717) is 24.3 Å². The van der Waals surface area contributed by atoms with Gasteiger partial charge in [-0.3, -0.25) is 9.52 Å². The van der Waals surface area contributed by atoms with E-state index >= 15 is 0 Å². The van der Waals surface area contributed by atoms with Crippen LogP contribution >= 0.6 is 0 Å². The number of hydrogen-bond donors (Lipinski definition) is 1. The molecule has 1 amide bonds. The number of methoxy groups -OCH3 is 2. The first-order chi connectivity index (χ1) is 17.6. The number of likely N-dealkylation sites (N-methyl/N-ethyl adjacent to an activating group) is 1. The largest absolute Gasteiger partial charge is 0.495 e. The van der Waals surface area contributed by atoms with E-state index in [1.807, 2.05) is 55.0 Å². The van der Waals surface area contributed by atoms with Crippen molar-refractivity contribution >= 4 is 27.3 Å². The van der Waals surface area contributed by atoms with E-state index in [2.05, 4.69) is 4.72 Å². The van der Waals surface area contributed by atoms with Crippen LogP contribution in [0.5, 0.6) is 5.75 Å². The number of nitrogens with one attached hydrogen (secondary N) is 1. The van der Waals surface area contributed by atoms with Gasteiger partial charge in [0.15, 0.2) is 0 Å². The zero-order chi connectivity index (χ0) is 26.7. The standard InChI is InChI=1S/C28H33N3O5S/c1-19-13-14-20(2)23(15-19)28(32)31-17-24(26(18-31)36-5)30(3)22-10-8-9-21(16-22)29-37(33,34)27-12-7-6-11-25(27)35-4/h6-16,24,26,29H,17-18H2,1-5H3. The number of anilines is 2. The van der Waals surface area contributed by atoms with Crippen molar-refractivity contribution in [2.24, 2.45) is 0 Å². The van der Waals surface area contributed by atoms with Crippen LogP contribution in [0.2, 0.25) is 0 Å². The molecule has 0 saturated carbocycles. The van der Waals surface area contributed by atoms with Gasteiger partial charge in [0.1, 0.15) is 10.6 Å². The zero-order valence-corrected chi connectivity index (χ0v) is 22.6. The van der Waals surface area contributed by atoms with Gasteiger partial charge in [0.05, 0.1) is 24.9 Å². The third kappa shape index (κ3) is 5.57. The average Bonchev–Trinajstić information content (AvgIpc) is 3.33. The Hall–Kier alpha value is -3.56. The third-order valence-electron chi connectivity index (χ3n) is 6.81. The van der Waals surface area contributed by atoms with E-state index in [4.69, 9.17) is 9.47 Å². The molecule has 0 radical (unpaired) electrons. The lowest BCUT2D eigenvalue weighted by Crippen LogP contribution is -2.42. The first-order valence-electron chi connectivity index (χ1n) is 12.0. The Morgan fingerprint density at radius 1 is 1.00 bits per heavy atom. The molecule has 1 saturated heterocycles. The van der Waals surface area contributed by atoms with Gasteiger partial charge in [-0.15, -0.1) is 0 Å². The molecule has 4 rings (SSSR count). The second-order valence-corrected chi connectivity index (χ2v) is 10.9. The fourth-order valence-electron chi connectivity index (χ4n) is 4.69. The lowest BCUT2D eigenvalue weighted by molar-refractivity contribution is 0.0714. The average molecular weight is 524 g/mol. The van der Waals surface area contributed by atoms with Gasteiger partial charge in [0.25, 0.3) is 15.9 Å². The van der Waals surface area contributed by atoms with Crippen LogP contribution in [-0.4, -0.2) is 65.7 Å². The molecule has 8 nitrogen and oxygen atoms in total. The molecule has 1 heterocycles. The highest BCUT2D eigenvalue weighted by atomic mass is 32.2. The van der Waals surface area contributed by atoms with E-state index in [0.717, 1.165) is 16.8 Å². The number of amides is 1. The maximum absolute atomic E-state index is 13.3. The summed E-state index contributed by atoms with van der Waals surface area (Å²) >= 11 is 0. The molecule has 196 valence electrons. The summed E-state index contributed by atoms with van der Waals surface area (Å²) in [6, 6.07) is 19.4. The van der Waals surface area contributed by atoms with Crippen LogP contribution in [0.4, 0.5) is 11.4 Å². The molecule has 37 heavy (non-hydrogen) atoms. The van der Waals surface area contributed by atoms with Crippen molar-refractivity contribution in [3.63, 3.8) is 0 Å². The van der Waals surface area contributed by atoms with Crippen LogP contribution in [0, 0.1) is 13.8 Å². The van der Waals surface area contributed by atoms with Crippen molar-refractivity contribution in [1.82, 2.24) is 4.90 Å². The minimum Gasteiger partial charge on any atom is -0.495 e. The van der Waals surface area contributed by atoms with Gasteiger partial charge in [-0.2, -0.15) is 0 Å². The Morgan fingerprint density at radius 3 is 2.49 bits per heavy atom. The van der Waals surface area contributed by atoms with Crippen LogP contribution < -0.4 is 14.4 Å². The van der Waals surface area contributed by atoms with Gasteiger partial charge >= 0.3 is 0 Å². The highest BCUT2D eigenvalue weighted by Crippen LogP contribution is 2.29. The molecule has 3 aromatic carbocycles.